The molecule has 1 aliphatic rings. The molecule has 13 nitrogen and oxygen atoms in total. The molecule has 0 aromatic carbocycles. The maximum absolute atomic E-state index is 12.8. The molecular formula is C43H83O13P. The summed E-state index contributed by atoms with van der Waals surface area (Å²) in [6.07, 6.45) is 20.2. The van der Waals surface area contributed by atoms with E-state index in [-0.39, 0.29) is 12.8 Å². The second-order valence-electron chi connectivity index (χ2n) is 16.3. The lowest BCUT2D eigenvalue weighted by atomic mass is 9.85. The number of hydrogen-bond donors (Lipinski definition) is 6. The van der Waals surface area contributed by atoms with Crippen LogP contribution >= 0.6 is 7.82 Å². The van der Waals surface area contributed by atoms with Gasteiger partial charge in [0.1, 0.15) is 43.2 Å². The molecule has 0 saturated heterocycles. The molecule has 0 aromatic rings. The number of aliphatic hydroxyl groups excluding tert-OH is 5. The smallest absolute Gasteiger partial charge is 0.462 e. The van der Waals surface area contributed by atoms with Crippen molar-refractivity contribution in [2.75, 3.05) is 13.2 Å². The minimum atomic E-state index is -5.11. The molecule has 6 N–H and O–H groups in total. The Bertz CT molecular complexity index is 1020. The summed E-state index contributed by atoms with van der Waals surface area (Å²) in [6, 6.07) is 0. The Labute approximate surface area is 344 Å². The van der Waals surface area contributed by atoms with Crippen LogP contribution in [0.4, 0.5) is 0 Å². The number of carbonyl (C=O) groups is 2. The van der Waals surface area contributed by atoms with E-state index >= 15 is 0 Å². The molecule has 1 fully saturated rings. The van der Waals surface area contributed by atoms with Crippen molar-refractivity contribution < 1.29 is 63.1 Å². The summed E-state index contributed by atoms with van der Waals surface area (Å²) in [7, 11) is -5.11. The molecule has 338 valence electrons. The van der Waals surface area contributed by atoms with Crippen LogP contribution < -0.4 is 0 Å². The van der Waals surface area contributed by atoms with Gasteiger partial charge >= 0.3 is 19.8 Å². The molecule has 1 saturated carbocycles. The van der Waals surface area contributed by atoms with Gasteiger partial charge in [-0.2, -0.15) is 0 Å². The fourth-order valence-corrected chi connectivity index (χ4v) is 8.20. The number of ether oxygens (including phenoxy) is 2. The topological polar surface area (TPSA) is 210 Å². The van der Waals surface area contributed by atoms with Crippen molar-refractivity contribution in [2.45, 2.75) is 249 Å². The average Bonchev–Trinajstić information content (AvgIpc) is 3.19. The largest absolute Gasteiger partial charge is 0.472 e. The highest BCUT2D eigenvalue weighted by Crippen LogP contribution is 2.47. The Balaban J connectivity index is 2.42. The number of phosphoric ester groups is 1. The summed E-state index contributed by atoms with van der Waals surface area (Å²) < 4.78 is 33.5. The minimum absolute atomic E-state index is 0.104. The van der Waals surface area contributed by atoms with E-state index in [4.69, 9.17) is 18.5 Å². The summed E-state index contributed by atoms with van der Waals surface area (Å²) in [4.78, 5) is 35.6. The van der Waals surface area contributed by atoms with Gasteiger partial charge in [0.2, 0.25) is 0 Å². The Hall–Kier alpha value is -1.15. The van der Waals surface area contributed by atoms with Crippen molar-refractivity contribution in [1.29, 1.82) is 0 Å². The highest BCUT2D eigenvalue weighted by Gasteiger charge is 2.51. The summed E-state index contributed by atoms with van der Waals surface area (Å²) in [5.41, 5.74) is 0. The van der Waals surface area contributed by atoms with Gasteiger partial charge in [-0.3, -0.25) is 18.6 Å². The van der Waals surface area contributed by atoms with Gasteiger partial charge in [0.05, 0.1) is 6.61 Å². The first kappa shape index (κ1) is 53.9. The molecule has 0 aromatic heterocycles. The predicted molar refractivity (Wildman–Crippen MR) is 221 cm³/mol. The lowest BCUT2D eigenvalue weighted by Gasteiger charge is -2.41. The number of unbranched alkanes of at least 4 members (excludes halogenated alkanes) is 26. The number of hydrogen-bond acceptors (Lipinski definition) is 12. The van der Waals surface area contributed by atoms with E-state index in [1.54, 1.807) is 0 Å². The number of esters is 2. The molecule has 0 aliphatic heterocycles. The molecule has 0 heterocycles. The molecule has 6 unspecified atom stereocenters. The van der Waals surface area contributed by atoms with Crippen molar-refractivity contribution in [3.63, 3.8) is 0 Å². The van der Waals surface area contributed by atoms with E-state index in [2.05, 4.69) is 13.8 Å². The third kappa shape index (κ3) is 27.3. The second-order valence-corrected chi connectivity index (χ2v) is 17.7. The molecule has 14 heteroatoms. The van der Waals surface area contributed by atoms with Gasteiger partial charge in [0.15, 0.2) is 6.10 Å². The molecular weight excluding hydrogens is 755 g/mol. The predicted octanol–water partition coefficient (Wildman–Crippen LogP) is 8.50. The van der Waals surface area contributed by atoms with Crippen molar-refractivity contribution in [2.24, 2.45) is 0 Å². The monoisotopic (exact) mass is 839 g/mol. The van der Waals surface area contributed by atoms with Gasteiger partial charge in [-0.15, -0.1) is 0 Å². The molecule has 57 heavy (non-hydrogen) atoms. The Morgan fingerprint density at radius 3 is 1.16 bits per heavy atom. The van der Waals surface area contributed by atoms with Crippen molar-refractivity contribution in [3.8, 4) is 0 Å². The zero-order valence-corrected chi connectivity index (χ0v) is 36.6. The first-order valence-electron chi connectivity index (χ1n) is 22.8. The molecule has 0 spiro atoms. The van der Waals surface area contributed by atoms with Gasteiger partial charge in [-0.25, -0.2) is 4.57 Å². The van der Waals surface area contributed by atoms with Crippen LogP contribution in [-0.4, -0.2) is 98.3 Å². The zero-order valence-electron chi connectivity index (χ0n) is 35.7. The average molecular weight is 839 g/mol. The van der Waals surface area contributed by atoms with Gasteiger partial charge in [0.25, 0.3) is 0 Å². The number of phosphoric acid groups is 1. The first-order chi connectivity index (χ1) is 27.4. The molecule has 0 amide bonds. The summed E-state index contributed by atoms with van der Waals surface area (Å²) >= 11 is 0. The number of aliphatic hydroxyl groups is 5. The van der Waals surface area contributed by atoms with Crippen molar-refractivity contribution >= 4 is 19.8 Å². The molecule has 1 aliphatic carbocycles. The SMILES string of the molecule is CCCCCCCCCCCCCCCCCCCC(=O)OC[C@@H](COP(=O)(O)OC1C(O)C(O)C(O)[C@H](O)C1O)OC(=O)CCCCCCCCCCCCC. The fourth-order valence-electron chi connectivity index (χ4n) is 7.23. The van der Waals surface area contributed by atoms with Crippen molar-refractivity contribution in [3.05, 3.63) is 0 Å². The van der Waals surface area contributed by atoms with Crippen LogP contribution in [-0.2, 0) is 32.7 Å². The zero-order chi connectivity index (χ0) is 42.2. The van der Waals surface area contributed by atoms with Gasteiger partial charge in [-0.1, -0.05) is 181 Å². The van der Waals surface area contributed by atoms with E-state index in [1.165, 1.54) is 122 Å². The van der Waals surface area contributed by atoms with E-state index in [1.807, 2.05) is 0 Å². The summed E-state index contributed by atoms with van der Waals surface area (Å²) in [5.74, 6) is -1.09. The third-order valence-electron chi connectivity index (χ3n) is 10.9. The Kier molecular flexibility index (Phi) is 32.7. The highest BCUT2D eigenvalue weighted by molar-refractivity contribution is 7.47. The summed E-state index contributed by atoms with van der Waals surface area (Å²) in [6.45, 7) is 3.30. The van der Waals surface area contributed by atoms with E-state index in [0.29, 0.717) is 12.8 Å². The van der Waals surface area contributed by atoms with Crippen LogP contribution in [0, 0.1) is 0 Å². The van der Waals surface area contributed by atoms with E-state index in [0.717, 1.165) is 44.9 Å². The standard InChI is InChI=1S/C43H83O13P/c1-3-5-7-9-11-13-15-16-17-18-19-20-22-23-25-27-29-31-36(44)53-33-35(55-37(45)32-30-28-26-24-21-14-12-10-8-6-4-2)34-54-57(51,52)56-43-41(49)39(47)38(46)40(48)42(43)50/h35,38-43,46-50H,3-34H2,1-2H3,(H,51,52)/t35-,38?,39-,40?,41?,42?,43?/m0/s1. The van der Waals surface area contributed by atoms with Crippen LogP contribution in [0.15, 0.2) is 0 Å². The maximum Gasteiger partial charge on any atom is 0.472 e. The lowest BCUT2D eigenvalue weighted by molar-refractivity contribution is -0.220. The van der Waals surface area contributed by atoms with Crippen molar-refractivity contribution in [1.82, 2.24) is 0 Å². The van der Waals surface area contributed by atoms with Crippen LogP contribution in [0.2, 0.25) is 0 Å². The van der Waals surface area contributed by atoms with Gasteiger partial charge < -0.3 is 39.9 Å². The van der Waals surface area contributed by atoms with Gasteiger partial charge in [-0.05, 0) is 12.8 Å². The fraction of sp³-hybridized carbons (Fsp3) is 0.953. The highest BCUT2D eigenvalue weighted by atomic mass is 31.2. The van der Waals surface area contributed by atoms with Crippen LogP contribution in [0.25, 0.3) is 0 Å². The second kappa shape index (κ2) is 34.6. The number of rotatable bonds is 38. The third-order valence-corrected chi connectivity index (χ3v) is 11.9. The lowest BCUT2D eigenvalue weighted by Crippen LogP contribution is -2.64. The molecule has 0 radical (unpaired) electrons. The van der Waals surface area contributed by atoms with Gasteiger partial charge in [0, 0.05) is 12.8 Å². The Morgan fingerprint density at radius 1 is 0.474 bits per heavy atom. The normalized spacial score (nSPS) is 22.6. The quantitative estimate of drug-likeness (QED) is 0.0196. The maximum atomic E-state index is 12.8. The van der Waals surface area contributed by atoms with Crippen LogP contribution in [0.1, 0.15) is 206 Å². The molecule has 1 rings (SSSR count). The number of carbonyl (C=O) groups excluding carboxylic acids is 2. The first-order valence-corrected chi connectivity index (χ1v) is 24.3. The molecule has 8 atom stereocenters. The van der Waals surface area contributed by atoms with Crippen LogP contribution in [0.5, 0.6) is 0 Å². The minimum Gasteiger partial charge on any atom is -0.462 e. The van der Waals surface area contributed by atoms with E-state index in [9.17, 15) is 44.6 Å². The van der Waals surface area contributed by atoms with E-state index < -0.39 is 75.7 Å². The molecule has 0 bridgehead atoms. The summed E-state index contributed by atoms with van der Waals surface area (Å²) in [5, 5.41) is 50.1. The Morgan fingerprint density at radius 2 is 0.789 bits per heavy atom. The van der Waals surface area contributed by atoms with Crippen LogP contribution in [0.3, 0.4) is 0 Å².